The van der Waals surface area contributed by atoms with Crippen molar-refractivity contribution < 1.29 is 9.90 Å². The zero-order chi connectivity index (χ0) is 16.7. The summed E-state index contributed by atoms with van der Waals surface area (Å²) in [5.41, 5.74) is 8.56. The number of rotatable bonds is 2. The van der Waals surface area contributed by atoms with E-state index in [0.717, 1.165) is 37.7 Å². The Balaban J connectivity index is 1.97. The molecule has 2 aliphatic carbocycles. The standard InChI is InChI=1S/C17H26N4O2/c1-3-10-8-11-16(15(19)14(10)18)20(2)9-21(17(11)23)12-6-4-5-7-13(12)22/h8,12-14,19,22H,3-7,9,18H2,1-2H3/t12-,13-,14?/m0/s1. The fourth-order valence-corrected chi connectivity index (χ4v) is 3.95. The highest BCUT2D eigenvalue weighted by Crippen LogP contribution is 2.33. The van der Waals surface area contributed by atoms with Crippen LogP contribution in [-0.4, -0.2) is 58.4 Å². The van der Waals surface area contributed by atoms with Crippen LogP contribution in [0.2, 0.25) is 0 Å². The highest BCUT2D eigenvalue weighted by Gasteiger charge is 2.41. The van der Waals surface area contributed by atoms with E-state index in [2.05, 4.69) is 0 Å². The van der Waals surface area contributed by atoms with E-state index < -0.39 is 12.1 Å². The van der Waals surface area contributed by atoms with Gasteiger partial charge in [-0.15, -0.1) is 0 Å². The molecule has 1 fully saturated rings. The monoisotopic (exact) mass is 318 g/mol. The summed E-state index contributed by atoms with van der Waals surface area (Å²) in [6.45, 7) is 2.40. The molecule has 126 valence electrons. The van der Waals surface area contributed by atoms with Gasteiger partial charge in [-0.1, -0.05) is 19.8 Å². The van der Waals surface area contributed by atoms with Gasteiger partial charge in [0.1, 0.15) is 0 Å². The molecule has 3 rings (SSSR count). The third kappa shape index (κ3) is 2.60. The van der Waals surface area contributed by atoms with E-state index in [-0.39, 0.29) is 11.9 Å². The van der Waals surface area contributed by atoms with Gasteiger partial charge < -0.3 is 26.0 Å². The van der Waals surface area contributed by atoms with Crippen LogP contribution in [0.3, 0.4) is 0 Å². The molecule has 0 spiro atoms. The van der Waals surface area contributed by atoms with Gasteiger partial charge in [-0.25, -0.2) is 0 Å². The van der Waals surface area contributed by atoms with Crippen molar-refractivity contribution in [1.29, 1.82) is 5.41 Å². The number of aliphatic hydroxyl groups is 1. The minimum atomic E-state index is -0.455. The zero-order valence-electron chi connectivity index (χ0n) is 13.9. The molecule has 0 aromatic rings. The Hall–Kier alpha value is -1.66. The van der Waals surface area contributed by atoms with Crippen LogP contribution in [0.25, 0.3) is 0 Å². The molecule has 1 unspecified atom stereocenters. The predicted molar refractivity (Wildman–Crippen MR) is 88.8 cm³/mol. The van der Waals surface area contributed by atoms with E-state index in [9.17, 15) is 9.90 Å². The van der Waals surface area contributed by atoms with Crippen molar-refractivity contribution in [3.8, 4) is 0 Å². The van der Waals surface area contributed by atoms with Crippen LogP contribution in [0.4, 0.5) is 0 Å². The van der Waals surface area contributed by atoms with Crippen molar-refractivity contribution in [2.45, 2.75) is 57.2 Å². The Kier molecular flexibility index (Phi) is 4.29. The Bertz CT molecular complexity index is 595. The van der Waals surface area contributed by atoms with Crippen LogP contribution in [-0.2, 0) is 4.79 Å². The van der Waals surface area contributed by atoms with E-state index in [4.69, 9.17) is 11.1 Å². The number of carbonyl (C=O) groups is 1. The molecule has 0 radical (unpaired) electrons. The molecule has 1 heterocycles. The first-order chi connectivity index (χ1) is 11.0. The lowest BCUT2D eigenvalue weighted by molar-refractivity contribution is -0.136. The van der Waals surface area contributed by atoms with Crippen molar-refractivity contribution in [1.82, 2.24) is 9.80 Å². The molecular formula is C17H26N4O2. The highest BCUT2D eigenvalue weighted by molar-refractivity contribution is 6.13. The molecule has 3 aliphatic rings. The Morgan fingerprint density at radius 1 is 1.39 bits per heavy atom. The molecule has 6 nitrogen and oxygen atoms in total. The first-order valence-electron chi connectivity index (χ1n) is 8.45. The third-order valence-electron chi connectivity index (χ3n) is 5.29. The van der Waals surface area contributed by atoms with E-state index in [1.54, 1.807) is 4.90 Å². The second-order valence-electron chi connectivity index (χ2n) is 6.76. The molecule has 0 bridgehead atoms. The molecule has 0 aromatic carbocycles. The molecule has 0 aromatic heterocycles. The maximum absolute atomic E-state index is 13.0. The van der Waals surface area contributed by atoms with Gasteiger partial charge in [0.15, 0.2) is 0 Å². The molecule has 0 saturated heterocycles. The second-order valence-corrected chi connectivity index (χ2v) is 6.76. The van der Waals surface area contributed by atoms with Gasteiger partial charge >= 0.3 is 0 Å². The molecular weight excluding hydrogens is 292 g/mol. The molecule has 1 aliphatic heterocycles. The van der Waals surface area contributed by atoms with Crippen LogP contribution in [0.5, 0.6) is 0 Å². The maximum Gasteiger partial charge on any atom is 0.257 e. The topological polar surface area (TPSA) is 93.7 Å². The summed E-state index contributed by atoms with van der Waals surface area (Å²) in [4.78, 5) is 16.7. The van der Waals surface area contributed by atoms with Gasteiger partial charge in [-0.05, 0) is 30.9 Å². The Morgan fingerprint density at radius 2 is 2.09 bits per heavy atom. The highest BCUT2D eigenvalue weighted by atomic mass is 16.3. The molecule has 23 heavy (non-hydrogen) atoms. The number of aliphatic hydroxyl groups excluding tert-OH is 1. The van der Waals surface area contributed by atoms with Crippen LogP contribution in [0, 0.1) is 5.41 Å². The van der Waals surface area contributed by atoms with Gasteiger partial charge in [0.25, 0.3) is 5.91 Å². The minimum Gasteiger partial charge on any atom is -0.391 e. The Labute approximate surface area is 137 Å². The summed E-state index contributed by atoms with van der Waals surface area (Å²) in [7, 11) is 1.88. The number of nitrogens with two attached hydrogens (primary N) is 1. The van der Waals surface area contributed by atoms with Gasteiger partial charge in [0, 0.05) is 7.05 Å². The molecule has 6 heteroatoms. The minimum absolute atomic E-state index is 0.0772. The summed E-state index contributed by atoms with van der Waals surface area (Å²) < 4.78 is 0. The summed E-state index contributed by atoms with van der Waals surface area (Å²) in [5.74, 6) is -0.0772. The van der Waals surface area contributed by atoms with E-state index in [0.29, 0.717) is 23.7 Å². The molecule has 1 saturated carbocycles. The summed E-state index contributed by atoms with van der Waals surface area (Å²) >= 11 is 0. The average Bonchev–Trinajstić information content (AvgIpc) is 2.54. The van der Waals surface area contributed by atoms with Crippen molar-refractivity contribution in [3.63, 3.8) is 0 Å². The van der Waals surface area contributed by atoms with Crippen molar-refractivity contribution >= 4 is 11.6 Å². The number of amides is 1. The van der Waals surface area contributed by atoms with Crippen LogP contribution >= 0.6 is 0 Å². The third-order valence-corrected chi connectivity index (χ3v) is 5.29. The summed E-state index contributed by atoms with van der Waals surface area (Å²) in [6, 6.07) is -0.558. The lowest BCUT2D eigenvalue weighted by Gasteiger charge is -2.45. The van der Waals surface area contributed by atoms with E-state index in [1.807, 2.05) is 24.9 Å². The fourth-order valence-electron chi connectivity index (χ4n) is 3.95. The lowest BCUT2D eigenvalue weighted by Crippen LogP contribution is -2.57. The smallest absolute Gasteiger partial charge is 0.257 e. The number of hydrogen-bond acceptors (Lipinski definition) is 5. The summed E-state index contributed by atoms with van der Waals surface area (Å²) in [6.07, 6.45) is 5.77. The van der Waals surface area contributed by atoms with Gasteiger partial charge in [-0.3, -0.25) is 4.79 Å². The Morgan fingerprint density at radius 3 is 2.74 bits per heavy atom. The van der Waals surface area contributed by atoms with Crippen molar-refractivity contribution in [3.05, 3.63) is 22.9 Å². The molecule has 4 N–H and O–H groups in total. The number of hydrogen-bond donors (Lipinski definition) is 3. The molecule has 3 atom stereocenters. The van der Waals surface area contributed by atoms with E-state index >= 15 is 0 Å². The number of carbonyl (C=O) groups excluding carboxylic acids is 1. The number of nitrogens with one attached hydrogen (secondary N) is 1. The summed E-state index contributed by atoms with van der Waals surface area (Å²) in [5, 5.41) is 18.6. The quantitative estimate of drug-likeness (QED) is 0.707. The largest absolute Gasteiger partial charge is 0.391 e. The first kappa shape index (κ1) is 16.2. The van der Waals surface area contributed by atoms with Crippen LogP contribution in [0.1, 0.15) is 39.0 Å². The van der Waals surface area contributed by atoms with Gasteiger partial charge in [-0.2, -0.15) is 0 Å². The first-order valence-corrected chi connectivity index (χ1v) is 8.45. The maximum atomic E-state index is 13.0. The lowest BCUT2D eigenvalue weighted by atomic mass is 9.85. The van der Waals surface area contributed by atoms with Crippen molar-refractivity contribution in [2.75, 3.05) is 13.7 Å². The fraction of sp³-hybridized carbons (Fsp3) is 0.647. The van der Waals surface area contributed by atoms with E-state index in [1.165, 1.54) is 0 Å². The SMILES string of the molecule is CCC1=CC2=C(C(=N)C1N)N(C)CN([C@H]1CCCC[C@@H]1O)C2=O. The van der Waals surface area contributed by atoms with Gasteiger partial charge in [0.05, 0.1) is 41.8 Å². The van der Waals surface area contributed by atoms with Crippen LogP contribution in [0.15, 0.2) is 22.9 Å². The number of nitrogens with zero attached hydrogens (tertiary/aromatic N) is 2. The van der Waals surface area contributed by atoms with Crippen molar-refractivity contribution in [2.24, 2.45) is 5.73 Å². The zero-order valence-corrected chi connectivity index (χ0v) is 13.9. The second kappa shape index (κ2) is 6.09. The predicted octanol–water partition coefficient (Wildman–Crippen LogP) is 0.973. The normalized spacial score (nSPS) is 32.2. The average molecular weight is 318 g/mol. The van der Waals surface area contributed by atoms with Gasteiger partial charge in [0.2, 0.25) is 0 Å². The molecule has 1 amide bonds. The van der Waals surface area contributed by atoms with Crippen LogP contribution < -0.4 is 5.73 Å².